The lowest BCUT2D eigenvalue weighted by Gasteiger charge is -2.34. The van der Waals surface area contributed by atoms with Crippen molar-refractivity contribution in [1.82, 2.24) is 14.7 Å². The zero-order valence-electron chi connectivity index (χ0n) is 10.2. The van der Waals surface area contributed by atoms with Crippen LogP contribution in [0.2, 0.25) is 0 Å². The van der Waals surface area contributed by atoms with Crippen molar-refractivity contribution in [2.75, 3.05) is 13.1 Å². The van der Waals surface area contributed by atoms with E-state index in [1.165, 1.54) is 18.8 Å². The van der Waals surface area contributed by atoms with Crippen LogP contribution < -0.4 is 0 Å². The number of piperidine rings is 1. The molecule has 2 heterocycles. The summed E-state index contributed by atoms with van der Waals surface area (Å²) in [6.07, 6.45) is 4.05. The fraction of sp³-hybridized carbons (Fsp3) is 0.727. The maximum absolute atomic E-state index is 10.5. The Morgan fingerprint density at radius 3 is 2.65 bits per heavy atom. The minimum absolute atomic E-state index is 0.0584. The molecule has 0 aromatic carbocycles. The van der Waals surface area contributed by atoms with E-state index < -0.39 is 4.92 Å². The third-order valence-corrected chi connectivity index (χ3v) is 3.12. The molecule has 1 saturated heterocycles. The Morgan fingerprint density at radius 2 is 2.12 bits per heavy atom. The first kappa shape index (κ1) is 12.0. The SMILES string of the molecule is CC1CC(C)CN(Cn2cc([N+](=O)[O-])cn2)C1. The summed E-state index contributed by atoms with van der Waals surface area (Å²) >= 11 is 0. The fourth-order valence-electron chi connectivity index (χ4n) is 2.64. The van der Waals surface area contributed by atoms with Gasteiger partial charge in [-0.2, -0.15) is 5.10 Å². The van der Waals surface area contributed by atoms with Gasteiger partial charge in [-0.25, -0.2) is 0 Å². The van der Waals surface area contributed by atoms with Gasteiger partial charge in [0.1, 0.15) is 12.4 Å². The van der Waals surface area contributed by atoms with Gasteiger partial charge in [0.2, 0.25) is 0 Å². The summed E-state index contributed by atoms with van der Waals surface area (Å²) < 4.78 is 1.64. The van der Waals surface area contributed by atoms with Gasteiger partial charge in [0.05, 0.1) is 11.6 Å². The van der Waals surface area contributed by atoms with Gasteiger partial charge >= 0.3 is 5.69 Å². The summed E-state index contributed by atoms with van der Waals surface area (Å²) in [6.45, 7) is 7.21. The predicted molar refractivity (Wildman–Crippen MR) is 63.4 cm³/mol. The van der Waals surface area contributed by atoms with Crippen molar-refractivity contribution in [3.8, 4) is 0 Å². The number of nitro groups is 1. The van der Waals surface area contributed by atoms with Gasteiger partial charge in [0.15, 0.2) is 0 Å². The van der Waals surface area contributed by atoms with Crippen molar-refractivity contribution >= 4 is 5.69 Å². The molecule has 0 spiro atoms. The van der Waals surface area contributed by atoms with Crippen LogP contribution in [-0.2, 0) is 6.67 Å². The van der Waals surface area contributed by atoms with Crippen LogP contribution in [0.25, 0.3) is 0 Å². The Hall–Kier alpha value is -1.43. The molecular formula is C11H18N4O2. The number of rotatable bonds is 3. The summed E-state index contributed by atoms with van der Waals surface area (Å²) in [5, 5.41) is 14.6. The first-order valence-corrected chi connectivity index (χ1v) is 5.94. The van der Waals surface area contributed by atoms with E-state index in [4.69, 9.17) is 0 Å². The number of nitrogens with zero attached hydrogens (tertiary/aromatic N) is 4. The standard InChI is InChI=1S/C11H18N4O2/c1-9-3-10(2)6-13(5-9)8-14-7-11(4-12-14)15(16)17/h4,7,9-10H,3,5-6,8H2,1-2H3. The second kappa shape index (κ2) is 4.83. The van der Waals surface area contributed by atoms with Crippen LogP contribution in [0.1, 0.15) is 20.3 Å². The zero-order valence-corrected chi connectivity index (χ0v) is 10.2. The molecule has 2 atom stereocenters. The maximum atomic E-state index is 10.5. The lowest BCUT2D eigenvalue weighted by molar-refractivity contribution is -0.385. The van der Waals surface area contributed by atoms with Gasteiger partial charge in [0, 0.05) is 13.1 Å². The monoisotopic (exact) mass is 238 g/mol. The minimum Gasteiger partial charge on any atom is -0.284 e. The Kier molecular flexibility index (Phi) is 3.42. The molecule has 17 heavy (non-hydrogen) atoms. The molecule has 0 bridgehead atoms. The van der Waals surface area contributed by atoms with Crippen LogP contribution in [0.3, 0.4) is 0 Å². The molecule has 2 unspecified atom stereocenters. The van der Waals surface area contributed by atoms with E-state index in [9.17, 15) is 10.1 Å². The van der Waals surface area contributed by atoms with E-state index in [0.717, 1.165) is 13.1 Å². The van der Waals surface area contributed by atoms with E-state index >= 15 is 0 Å². The highest BCUT2D eigenvalue weighted by Crippen LogP contribution is 2.21. The quantitative estimate of drug-likeness (QED) is 0.594. The number of aromatic nitrogens is 2. The van der Waals surface area contributed by atoms with Gasteiger partial charge in [-0.15, -0.1) is 0 Å². The maximum Gasteiger partial charge on any atom is 0.307 e. The van der Waals surface area contributed by atoms with Crippen molar-refractivity contribution in [1.29, 1.82) is 0 Å². The largest absolute Gasteiger partial charge is 0.307 e. The summed E-state index contributed by atoms with van der Waals surface area (Å²) in [6, 6.07) is 0. The van der Waals surface area contributed by atoms with Gasteiger partial charge in [-0.1, -0.05) is 13.8 Å². The lowest BCUT2D eigenvalue weighted by Crippen LogP contribution is -2.39. The van der Waals surface area contributed by atoms with Crippen molar-refractivity contribution in [3.05, 3.63) is 22.5 Å². The number of hydrogen-bond donors (Lipinski definition) is 0. The van der Waals surface area contributed by atoms with E-state index in [2.05, 4.69) is 23.8 Å². The average Bonchev–Trinajstić information content (AvgIpc) is 2.64. The first-order chi connectivity index (χ1) is 8.04. The van der Waals surface area contributed by atoms with Crippen molar-refractivity contribution in [2.24, 2.45) is 11.8 Å². The van der Waals surface area contributed by atoms with Gasteiger partial charge in [0.25, 0.3) is 0 Å². The van der Waals surface area contributed by atoms with Crippen LogP contribution in [-0.4, -0.2) is 32.7 Å². The second-order valence-electron chi connectivity index (χ2n) is 5.12. The molecular weight excluding hydrogens is 220 g/mol. The molecule has 1 fully saturated rings. The average molecular weight is 238 g/mol. The number of likely N-dealkylation sites (tertiary alicyclic amines) is 1. The molecule has 0 saturated carbocycles. The lowest BCUT2D eigenvalue weighted by atomic mass is 9.92. The molecule has 1 aromatic rings. The molecule has 1 aliphatic heterocycles. The molecule has 94 valence electrons. The Balaban J connectivity index is 1.97. The molecule has 2 rings (SSSR count). The molecule has 0 amide bonds. The molecule has 1 aliphatic rings. The summed E-state index contributed by atoms with van der Waals surface area (Å²) in [7, 11) is 0. The topological polar surface area (TPSA) is 64.2 Å². The Labute approximate surface area is 100 Å². The van der Waals surface area contributed by atoms with Crippen LogP contribution in [0.15, 0.2) is 12.4 Å². The van der Waals surface area contributed by atoms with Crippen LogP contribution in [0.4, 0.5) is 5.69 Å². The van der Waals surface area contributed by atoms with Crippen molar-refractivity contribution in [3.63, 3.8) is 0 Å². The minimum atomic E-state index is -0.412. The molecule has 6 nitrogen and oxygen atoms in total. The van der Waals surface area contributed by atoms with Crippen LogP contribution in [0.5, 0.6) is 0 Å². The summed E-state index contributed by atoms with van der Waals surface area (Å²) in [4.78, 5) is 12.4. The Morgan fingerprint density at radius 1 is 1.47 bits per heavy atom. The van der Waals surface area contributed by atoms with E-state index in [1.54, 1.807) is 4.68 Å². The predicted octanol–water partition coefficient (Wildman–Crippen LogP) is 1.73. The van der Waals surface area contributed by atoms with E-state index in [1.807, 2.05) is 0 Å². The molecule has 6 heteroatoms. The Bertz CT molecular complexity index is 394. The summed E-state index contributed by atoms with van der Waals surface area (Å²) in [5.74, 6) is 1.37. The highest BCUT2D eigenvalue weighted by atomic mass is 16.6. The highest BCUT2D eigenvalue weighted by molar-refractivity contribution is 5.20. The first-order valence-electron chi connectivity index (χ1n) is 5.94. The van der Waals surface area contributed by atoms with E-state index in [0.29, 0.717) is 18.5 Å². The van der Waals surface area contributed by atoms with Gasteiger partial charge in [-0.3, -0.25) is 19.7 Å². The second-order valence-corrected chi connectivity index (χ2v) is 5.12. The van der Waals surface area contributed by atoms with Gasteiger partial charge < -0.3 is 0 Å². The highest BCUT2D eigenvalue weighted by Gasteiger charge is 2.22. The van der Waals surface area contributed by atoms with Crippen molar-refractivity contribution < 1.29 is 4.92 Å². The molecule has 0 N–H and O–H groups in total. The third-order valence-electron chi connectivity index (χ3n) is 3.12. The molecule has 0 radical (unpaired) electrons. The van der Waals surface area contributed by atoms with Crippen LogP contribution in [0, 0.1) is 22.0 Å². The number of hydrogen-bond acceptors (Lipinski definition) is 4. The molecule has 1 aromatic heterocycles. The normalized spacial score (nSPS) is 26.0. The summed E-state index contributed by atoms with van der Waals surface area (Å²) in [5.41, 5.74) is 0.0584. The van der Waals surface area contributed by atoms with Crippen molar-refractivity contribution in [2.45, 2.75) is 26.9 Å². The van der Waals surface area contributed by atoms with Crippen LogP contribution >= 0.6 is 0 Å². The van der Waals surface area contributed by atoms with Gasteiger partial charge in [-0.05, 0) is 18.3 Å². The smallest absolute Gasteiger partial charge is 0.284 e. The zero-order chi connectivity index (χ0) is 12.4. The third kappa shape index (κ3) is 3.03. The molecule has 0 aliphatic carbocycles. The fourth-order valence-corrected chi connectivity index (χ4v) is 2.64. The van der Waals surface area contributed by atoms with E-state index in [-0.39, 0.29) is 5.69 Å².